The molecule has 0 atom stereocenters. The normalized spacial score (nSPS) is 25.3. The summed E-state index contributed by atoms with van der Waals surface area (Å²) in [4.78, 5) is 0. The highest BCUT2D eigenvalue weighted by Gasteiger charge is 2.27. The van der Waals surface area contributed by atoms with Crippen molar-refractivity contribution < 1.29 is 4.74 Å². The van der Waals surface area contributed by atoms with Crippen LogP contribution in [0.25, 0.3) is 0 Å². The molecule has 0 N–H and O–H groups in total. The van der Waals surface area contributed by atoms with Crippen molar-refractivity contribution in [1.29, 1.82) is 0 Å². The molecule has 0 fully saturated rings. The van der Waals surface area contributed by atoms with Gasteiger partial charge in [-0.1, -0.05) is 0 Å². The van der Waals surface area contributed by atoms with Crippen molar-refractivity contribution >= 4 is 0 Å². The zero-order valence-corrected chi connectivity index (χ0v) is 6.62. The van der Waals surface area contributed by atoms with Gasteiger partial charge in [-0.2, -0.15) is 0 Å². The molecule has 1 aliphatic rings. The molecule has 0 aromatic heterocycles. The molecule has 1 heterocycles. The summed E-state index contributed by atoms with van der Waals surface area (Å²) in [6.45, 7) is 9.31. The van der Waals surface area contributed by atoms with E-state index in [4.69, 9.17) is 4.74 Å². The Bertz CT molecular complexity index is 154. The van der Waals surface area contributed by atoms with Gasteiger partial charge in [0.2, 0.25) is 0 Å². The molecule has 1 aliphatic heterocycles. The summed E-state index contributed by atoms with van der Waals surface area (Å²) in [6, 6.07) is 0. The van der Waals surface area contributed by atoms with Crippen LogP contribution < -0.4 is 0 Å². The average Bonchev–Trinajstić information content (AvgIpc) is 1.97. The highest BCUT2D eigenvalue weighted by molar-refractivity contribution is 5.23. The van der Waals surface area contributed by atoms with Crippen LogP contribution >= 0.6 is 0 Å². The second-order valence-corrected chi connectivity index (χ2v) is 3.20. The average molecular weight is 126 g/mol. The fourth-order valence-corrected chi connectivity index (χ4v) is 1.02. The third-order valence-corrected chi connectivity index (χ3v) is 2.19. The summed E-state index contributed by atoms with van der Waals surface area (Å²) in [5.74, 6) is 0. The van der Waals surface area contributed by atoms with E-state index in [1.807, 2.05) is 0 Å². The predicted molar refractivity (Wildman–Crippen MR) is 38.4 cm³/mol. The summed E-state index contributed by atoms with van der Waals surface area (Å²) in [5, 5.41) is 0. The van der Waals surface area contributed by atoms with Crippen molar-refractivity contribution in [3.63, 3.8) is 0 Å². The van der Waals surface area contributed by atoms with Gasteiger partial charge in [0.15, 0.2) is 0 Å². The van der Waals surface area contributed by atoms with Crippen molar-refractivity contribution in [3.05, 3.63) is 11.1 Å². The lowest BCUT2D eigenvalue weighted by molar-refractivity contribution is 0.0485. The van der Waals surface area contributed by atoms with Crippen LogP contribution in [0.2, 0.25) is 0 Å². The first-order valence-electron chi connectivity index (χ1n) is 3.35. The number of hydrogen-bond donors (Lipinski definition) is 0. The van der Waals surface area contributed by atoms with E-state index >= 15 is 0 Å². The Balaban J connectivity index is 2.88. The van der Waals surface area contributed by atoms with Gasteiger partial charge in [0.25, 0.3) is 0 Å². The Labute approximate surface area is 56.7 Å². The Hall–Kier alpha value is -0.300. The summed E-state index contributed by atoms with van der Waals surface area (Å²) < 4.78 is 5.49. The van der Waals surface area contributed by atoms with Crippen LogP contribution in [0, 0.1) is 0 Å². The molecule has 1 nitrogen and oxygen atoms in total. The molecule has 0 saturated carbocycles. The zero-order valence-electron chi connectivity index (χ0n) is 6.62. The van der Waals surface area contributed by atoms with Gasteiger partial charge in [0, 0.05) is 0 Å². The summed E-state index contributed by atoms with van der Waals surface area (Å²) in [6.07, 6.45) is 0. The highest BCUT2D eigenvalue weighted by Crippen LogP contribution is 2.29. The second-order valence-electron chi connectivity index (χ2n) is 3.20. The Morgan fingerprint density at radius 2 is 1.89 bits per heavy atom. The van der Waals surface area contributed by atoms with Crippen molar-refractivity contribution in [2.75, 3.05) is 6.61 Å². The van der Waals surface area contributed by atoms with Crippen LogP contribution in [0.4, 0.5) is 0 Å². The minimum absolute atomic E-state index is 0.00405. The van der Waals surface area contributed by atoms with E-state index < -0.39 is 0 Å². The molecule has 1 rings (SSSR count). The fourth-order valence-electron chi connectivity index (χ4n) is 1.02. The molecular weight excluding hydrogens is 112 g/mol. The van der Waals surface area contributed by atoms with Crippen LogP contribution in [0.15, 0.2) is 11.1 Å². The molecule has 52 valence electrons. The highest BCUT2D eigenvalue weighted by atomic mass is 16.5. The van der Waals surface area contributed by atoms with Gasteiger partial charge in [-0.15, -0.1) is 0 Å². The van der Waals surface area contributed by atoms with Crippen molar-refractivity contribution in [1.82, 2.24) is 0 Å². The van der Waals surface area contributed by atoms with E-state index in [1.54, 1.807) is 0 Å². The second kappa shape index (κ2) is 1.84. The molecule has 9 heavy (non-hydrogen) atoms. The summed E-state index contributed by atoms with van der Waals surface area (Å²) in [5.41, 5.74) is 2.78. The molecule has 0 unspecified atom stereocenters. The number of rotatable bonds is 0. The molecule has 0 aromatic carbocycles. The lowest BCUT2D eigenvalue weighted by Gasteiger charge is -2.18. The van der Waals surface area contributed by atoms with Gasteiger partial charge in [0.05, 0.1) is 12.2 Å². The van der Waals surface area contributed by atoms with E-state index in [0.717, 1.165) is 6.61 Å². The zero-order chi connectivity index (χ0) is 7.07. The Morgan fingerprint density at radius 1 is 1.33 bits per heavy atom. The van der Waals surface area contributed by atoms with Crippen LogP contribution in [0.3, 0.4) is 0 Å². The summed E-state index contributed by atoms with van der Waals surface area (Å²) >= 11 is 0. The van der Waals surface area contributed by atoms with Gasteiger partial charge in [0.1, 0.15) is 0 Å². The molecule has 0 bridgehead atoms. The number of hydrogen-bond acceptors (Lipinski definition) is 1. The molecule has 0 aliphatic carbocycles. The maximum absolute atomic E-state index is 5.49. The standard InChI is InChI=1S/C8H14O/c1-6-5-9-8(3,4)7(6)2/h5H2,1-4H3. The van der Waals surface area contributed by atoms with Crippen LogP contribution in [0.5, 0.6) is 0 Å². The van der Waals surface area contributed by atoms with E-state index in [9.17, 15) is 0 Å². The SMILES string of the molecule is CC1=C(C)C(C)(C)OC1. The molecule has 0 radical (unpaired) electrons. The third kappa shape index (κ3) is 1.01. The van der Waals surface area contributed by atoms with E-state index in [-0.39, 0.29) is 5.60 Å². The van der Waals surface area contributed by atoms with Crippen molar-refractivity contribution in [3.8, 4) is 0 Å². The maximum atomic E-state index is 5.49. The maximum Gasteiger partial charge on any atom is 0.0840 e. The van der Waals surface area contributed by atoms with Gasteiger partial charge in [-0.3, -0.25) is 0 Å². The number of ether oxygens (including phenoxy) is 1. The summed E-state index contributed by atoms with van der Waals surface area (Å²) in [7, 11) is 0. The molecule has 0 saturated heterocycles. The largest absolute Gasteiger partial charge is 0.367 e. The minimum Gasteiger partial charge on any atom is -0.367 e. The lowest BCUT2D eigenvalue weighted by atomic mass is 9.99. The quantitative estimate of drug-likeness (QED) is 0.452. The van der Waals surface area contributed by atoms with Crippen molar-refractivity contribution in [2.24, 2.45) is 0 Å². The van der Waals surface area contributed by atoms with Gasteiger partial charge in [-0.25, -0.2) is 0 Å². The first-order chi connectivity index (χ1) is 4.04. The molecular formula is C8H14O. The monoisotopic (exact) mass is 126 g/mol. The van der Waals surface area contributed by atoms with Crippen molar-refractivity contribution in [2.45, 2.75) is 33.3 Å². The smallest absolute Gasteiger partial charge is 0.0840 e. The first kappa shape index (κ1) is 6.81. The van der Waals surface area contributed by atoms with E-state index in [2.05, 4.69) is 27.7 Å². The fraction of sp³-hybridized carbons (Fsp3) is 0.750. The topological polar surface area (TPSA) is 9.23 Å². The molecule has 0 aromatic rings. The van der Waals surface area contributed by atoms with E-state index in [1.165, 1.54) is 11.1 Å². The van der Waals surface area contributed by atoms with E-state index in [0.29, 0.717) is 0 Å². The predicted octanol–water partition coefficient (Wildman–Crippen LogP) is 2.13. The Kier molecular flexibility index (Phi) is 1.39. The Morgan fingerprint density at radius 3 is 2.00 bits per heavy atom. The van der Waals surface area contributed by atoms with Gasteiger partial charge < -0.3 is 4.74 Å². The first-order valence-corrected chi connectivity index (χ1v) is 3.35. The van der Waals surface area contributed by atoms with Crippen LogP contribution in [-0.4, -0.2) is 12.2 Å². The molecule has 0 amide bonds. The van der Waals surface area contributed by atoms with Gasteiger partial charge in [-0.05, 0) is 38.8 Å². The third-order valence-electron chi connectivity index (χ3n) is 2.19. The minimum atomic E-state index is 0.00405. The molecule has 1 heteroatoms. The van der Waals surface area contributed by atoms with Crippen LogP contribution in [-0.2, 0) is 4.74 Å². The van der Waals surface area contributed by atoms with Crippen LogP contribution in [0.1, 0.15) is 27.7 Å². The molecule has 0 spiro atoms. The lowest BCUT2D eigenvalue weighted by Crippen LogP contribution is -2.20. The van der Waals surface area contributed by atoms with Gasteiger partial charge >= 0.3 is 0 Å².